The Bertz CT molecular complexity index is 311. The molecular weight excluding hydrogens is 204 g/mol. The second-order valence-corrected chi connectivity index (χ2v) is 4.32. The van der Waals surface area contributed by atoms with Crippen molar-refractivity contribution < 1.29 is 0 Å². The van der Waals surface area contributed by atoms with Crippen LogP contribution in [0.3, 0.4) is 0 Å². The highest BCUT2D eigenvalue weighted by molar-refractivity contribution is 7.80. The minimum Gasteiger partial charge on any atom is -0.393 e. The van der Waals surface area contributed by atoms with E-state index in [-0.39, 0.29) is 5.92 Å². The van der Waals surface area contributed by atoms with E-state index >= 15 is 0 Å². The summed E-state index contributed by atoms with van der Waals surface area (Å²) in [6, 6.07) is 10.7. The van der Waals surface area contributed by atoms with Gasteiger partial charge in [-0.1, -0.05) is 49.5 Å². The lowest BCUT2D eigenvalue weighted by Gasteiger charge is -2.17. The highest BCUT2D eigenvalue weighted by Gasteiger charge is 2.08. The molecule has 0 aliphatic heterocycles. The fraction of sp³-hybridized carbons (Fsp3) is 0.417. The van der Waals surface area contributed by atoms with E-state index in [0.717, 1.165) is 6.54 Å². The summed E-state index contributed by atoms with van der Waals surface area (Å²) in [6.45, 7) is 5.00. The molecule has 0 heterocycles. The van der Waals surface area contributed by atoms with Gasteiger partial charge in [-0.25, -0.2) is 0 Å². The maximum absolute atomic E-state index is 5.55. The molecule has 2 unspecified atom stereocenters. The van der Waals surface area contributed by atoms with Gasteiger partial charge in [-0.2, -0.15) is 0 Å². The van der Waals surface area contributed by atoms with Crippen LogP contribution in [-0.2, 0) is 0 Å². The molecule has 0 fully saturated rings. The number of hydrogen-bond donors (Lipinski definition) is 2. The Morgan fingerprint density at radius 1 is 1.33 bits per heavy atom. The Morgan fingerprint density at radius 3 is 2.47 bits per heavy atom. The number of thiocarbonyl (C=S) groups is 1. The lowest BCUT2D eigenvalue weighted by molar-refractivity contribution is 0.537. The molecule has 3 N–H and O–H groups in total. The summed E-state index contributed by atoms with van der Waals surface area (Å²) < 4.78 is 0. The molecule has 0 saturated heterocycles. The van der Waals surface area contributed by atoms with Gasteiger partial charge in [0.25, 0.3) is 0 Å². The zero-order valence-electron chi connectivity index (χ0n) is 9.23. The third kappa shape index (κ3) is 3.98. The first-order valence-electron chi connectivity index (χ1n) is 5.19. The van der Waals surface area contributed by atoms with Crippen LogP contribution in [0, 0.1) is 5.92 Å². The van der Waals surface area contributed by atoms with Crippen LogP contribution in [0.2, 0.25) is 0 Å². The molecule has 1 aromatic carbocycles. The lowest BCUT2D eigenvalue weighted by Crippen LogP contribution is -2.31. The van der Waals surface area contributed by atoms with Gasteiger partial charge in [0.2, 0.25) is 0 Å². The van der Waals surface area contributed by atoms with Gasteiger partial charge >= 0.3 is 0 Å². The van der Waals surface area contributed by atoms with Gasteiger partial charge in [0.1, 0.15) is 0 Å². The van der Waals surface area contributed by atoms with Crippen molar-refractivity contribution in [3.63, 3.8) is 0 Å². The van der Waals surface area contributed by atoms with Crippen LogP contribution >= 0.6 is 12.2 Å². The molecule has 0 saturated carbocycles. The summed E-state index contributed by atoms with van der Waals surface area (Å²) in [5.41, 5.74) is 6.84. The van der Waals surface area contributed by atoms with Crippen LogP contribution in [0.1, 0.15) is 25.5 Å². The fourth-order valence-electron chi connectivity index (χ4n) is 1.31. The lowest BCUT2D eigenvalue weighted by atomic mass is 10.1. The Hall–Kier alpha value is -0.930. The maximum Gasteiger partial charge on any atom is 0.0768 e. The first kappa shape index (κ1) is 12.1. The van der Waals surface area contributed by atoms with Crippen molar-refractivity contribution in [3.05, 3.63) is 35.9 Å². The fourth-order valence-corrected chi connectivity index (χ4v) is 1.40. The van der Waals surface area contributed by atoms with Gasteiger partial charge in [-0.05, 0) is 12.5 Å². The Balaban J connectivity index is 2.43. The van der Waals surface area contributed by atoms with E-state index in [9.17, 15) is 0 Å². The second kappa shape index (κ2) is 5.83. The topological polar surface area (TPSA) is 38.0 Å². The Labute approximate surface area is 96.9 Å². The number of rotatable bonds is 5. The van der Waals surface area contributed by atoms with Crippen LogP contribution < -0.4 is 11.1 Å². The van der Waals surface area contributed by atoms with Gasteiger partial charge in [-0.15, -0.1) is 0 Å². The monoisotopic (exact) mass is 222 g/mol. The zero-order chi connectivity index (χ0) is 11.3. The average molecular weight is 222 g/mol. The van der Waals surface area contributed by atoms with Gasteiger partial charge < -0.3 is 11.1 Å². The summed E-state index contributed by atoms with van der Waals surface area (Å²) in [6.07, 6.45) is 0. The molecule has 0 amide bonds. The number of nitrogens with one attached hydrogen (secondary N) is 1. The molecule has 15 heavy (non-hydrogen) atoms. The van der Waals surface area contributed by atoms with Crippen molar-refractivity contribution >= 4 is 17.2 Å². The van der Waals surface area contributed by atoms with Crippen LogP contribution in [-0.4, -0.2) is 11.5 Å². The predicted molar refractivity (Wildman–Crippen MR) is 68.8 cm³/mol. The van der Waals surface area contributed by atoms with E-state index in [1.54, 1.807) is 0 Å². The van der Waals surface area contributed by atoms with Crippen LogP contribution in [0.4, 0.5) is 0 Å². The van der Waals surface area contributed by atoms with Crippen LogP contribution in [0.25, 0.3) is 0 Å². The molecule has 2 atom stereocenters. The minimum atomic E-state index is 0.242. The summed E-state index contributed by atoms with van der Waals surface area (Å²) in [5.74, 6) is 0.242. The Kier molecular flexibility index (Phi) is 4.72. The molecule has 0 bridgehead atoms. The van der Waals surface area contributed by atoms with Gasteiger partial charge in [0.05, 0.1) is 4.99 Å². The molecule has 0 aromatic heterocycles. The smallest absolute Gasteiger partial charge is 0.0768 e. The SMILES string of the molecule is CC(CNC(C)c1ccccc1)C(N)=S. The standard InChI is InChI=1S/C12H18N2S/c1-9(12(13)15)8-14-10(2)11-6-4-3-5-7-11/h3-7,9-10,14H,8H2,1-2H3,(H2,13,15). The van der Waals surface area contributed by atoms with Crippen molar-refractivity contribution in [2.45, 2.75) is 19.9 Å². The molecule has 0 radical (unpaired) electrons. The number of nitrogens with two attached hydrogens (primary N) is 1. The van der Waals surface area contributed by atoms with Crippen molar-refractivity contribution in [3.8, 4) is 0 Å². The predicted octanol–water partition coefficient (Wildman–Crippen LogP) is 2.26. The summed E-state index contributed by atoms with van der Waals surface area (Å²) >= 11 is 4.92. The number of benzene rings is 1. The molecule has 82 valence electrons. The van der Waals surface area contributed by atoms with E-state index in [4.69, 9.17) is 18.0 Å². The van der Waals surface area contributed by atoms with Crippen LogP contribution in [0.15, 0.2) is 30.3 Å². The molecule has 0 aliphatic carbocycles. The molecule has 0 spiro atoms. The zero-order valence-corrected chi connectivity index (χ0v) is 10.1. The molecule has 3 heteroatoms. The highest BCUT2D eigenvalue weighted by Crippen LogP contribution is 2.11. The minimum absolute atomic E-state index is 0.242. The molecule has 0 aliphatic rings. The Morgan fingerprint density at radius 2 is 1.93 bits per heavy atom. The van der Waals surface area contributed by atoms with E-state index < -0.39 is 0 Å². The third-order valence-electron chi connectivity index (χ3n) is 2.52. The molecular formula is C12H18N2S. The average Bonchev–Trinajstić information content (AvgIpc) is 2.26. The normalized spacial score (nSPS) is 14.5. The van der Waals surface area contributed by atoms with E-state index in [1.807, 2.05) is 25.1 Å². The summed E-state index contributed by atoms with van der Waals surface area (Å²) in [5, 5.41) is 3.41. The third-order valence-corrected chi connectivity index (χ3v) is 2.92. The number of hydrogen-bond acceptors (Lipinski definition) is 2. The molecule has 1 aromatic rings. The van der Waals surface area contributed by atoms with Crippen molar-refractivity contribution in [1.82, 2.24) is 5.32 Å². The van der Waals surface area contributed by atoms with E-state index in [1.165, 1.54) is 5.56 Å². The second-order valence-electron chi connectivity index (χ2n) is 3.84. The highest BCUT2D eigenvalue weighted by atomic mass is 32.1. The van der Waals surface area contributed by atoms with Gasteiger partial charge in [0, 0.05) is 18.5 Å². The van der Waals surface area contributed by atoms with Gasteiger partial charge in [-0.3, -0.25) is 0 Å². The van der Waals surface area contributed by atoms with E-state index in [0.29, 0.717) is 11.0 Å². The van der Waals surface area contributed by atoms with Crippen molar-refractivity contribution in [2.24, 2.45) is 11.7 Å². The molecule has 2 nitrogen and oxygen atoms in total. The van der Waals surface area contributed by atoms with Crippen LogP contribution in [0.5, 0.6) is 0 Å². The van der Waals surface area contributed by atoms with Crippen molar-refractivity contribution in [2.75, 3.05) is 6.54 Å². The van der Waals surface area contributed by atoms with E-state index in [2.05, 4.69) is 24.4 Å². The molecule has 1 rings (SSSR count). The summed E-state index contributed by atoms with van der Waals surface area (Å²) in [7, 11) is 0. The largest absolute Gasteiger partial charge is 0.393 e. The first-order valence-corrected chi connectivity index (χ1v) is 5.59. The van der Waals surface area contributed by atoms with Gasteiger partial charge in [0.15, 0.2) is 0 Å². The maximum atomic E-state index is 5.55. The quantitative estimate of drug-likeness (QED) is 0.751. The first-order chi connectivity index (χ1) is 7.11. The summed E-state index contributed by atoms with van der Waals surface area (Å²) in [4.78, 5) is 0.572. The van der Waals surface area contributed by atoms with Crippen molar-refractivity contribution in [1.29, 1.82) is 0 Å².